The van der Waals surface area contributed by atoms with Gasteiger partial charge in [0.2, 0.25) is 0 Å². The zero-order valence-electron chi connectivity index (χ0n) is 16.5. The Bertz CT molecular complexity index is 1130. The number of nitrogens with one attached hydrogen (secondary N) is 2. The molecule has 5 rings (SSSR count). The van der Waals surface area contributed by atoms with Crippen LogP contribution in [0.1, 0.15) is 40.7 Å². The fourth-order valence-corrected chi connectivity index (χ4v) is 4.73. The number of carbonyl (C=O) groups excluding carboxylic acids is 1. The number of benzene rings is 1. The van der Waals surface area contributed by atoms with Crippen LogP contribution in [-0.2, 0) is 17.7 Å². The van der Waals surface area contributed by atoms with Gasteiger partial charge in [-0.05, 0) is 55.9 Å². The molecule has 1 amide bonds. The summed E-state index contributed by atoms with van der Waals surface area (Å²) in [5.74, 6) is -0.282. The maximum Gasteiger partial charge on any atom is 0.263 e. The number of aromatic nitrogens is 2. The molecular weight excluding hydrogens is 366 g/mol. The normalized spacial score (nSPS) is 23.0. The van der Waals surface area contributed by atoms with Gasteiger partial charge in [0.05, 0.1) is 18.2 Å². The predicted molar refractivity (Wildman–Crippen MR) is 111 cm³/mol. The number of nitrogens with zero attached hydrogens (tertiary/aromatic N) is 1. The SMILES string of the molecule is Cc1ccn(CCc2c[nH]c3ccccc23)c(=O)c1C(=O)N[C@@H]1C[C@@H]2CC[C@H]1O2. The van der Waals surface area contributed by atoms with Gasteiger partial charge in [0.15, 0.2) is 0 Å². The summed E-state index contributed by atoms with van der Waals surface area (Å²) in [6.07, 6.45) is 7.74. The quantitative estimate of drug-likeness (QED) is 0.702. The van der Waals surface area contributed by atoms with E-state index in [1.165, 1.54) is 10.9 Å². The summed E-state index contributed by atoms with van der Waals surface area (Å²) in [6.45, 7) is 2.34. The molecule has 2 N–H and O–H groups in total. The Balaban J connectivity index is 1.35. The molecule has 0 saturated carbocycles. The number of para-hydroxylation sites is 1. The molecule has 6 heteroatoms. The minimum absolute atomic E-state index is 0.0138. The summed E-state index contributed by atoms with van der Waals surface area (Å²) in [5, 5.41) is 4.22. The molecule has 6 nitrogen and oxygen atoms in total. The lowest BCUT2D eigenvalue weighted by molar-refractivity contribution is 0.0839. The summed E-state index contributed by atoms with van der Waals surface area (Å²) >= 11 is 0. The molecule has 1 aromatic carbocycles. The number of aromatic amines is 1. The van der Waals surface area contributed by atoms with Gasteiger partial charge in [0.25, 0.3) is 11.5 Å². The molecule has 2 aliphatic rings. The first kappa shape index (κ1) is 18.2. The molecule has 150 valence electrons. The highest BCUT2D eigenvalue weighted by molar-refractivity contribution is 5.95. The first-order chi connectivity index (χ1) is 14.1. The molecule has 0 unspecified atom stereocenters. The third-order valence-corrected chi connectivity index (χ3v) is 6.32. The average molecular weight is 391 g/mol. The van der Waals surface area contributed by atoms with Crippen LogP contribution in [0, 0.1) is 6.92 Å². The van der Waals surface area contributed by atoms with E-state index < -0.39 is 0 Å². The molecule has 2 saturated heterocycles. The molecule has 2 bridgehead atoms. The fourth-order valence-electron chi connectivity index (χ4n) is 4.73. The van der Waals surface area contributed by atoms with Crippen molar-refractivity contribution in [3.63, 3.8) is 0 Å². The molecule has 0 radical (unpaired) electrons. The standard InChI is InChI=1S/C23H25N3O3/c1-14-8-10-26(11-9-15-13-24-18-5-3-2-4-17(15)18)23(28)21(14)22(27)25-19-12-16-6-7-20(19)29-16/h2-5,8,10,13,16,19-20,24H,6-7,9,11-12H2,1H3,(H,25,27)/t16-,19+,20+/m0/s1. The van der Waals surface area contributed by atoms with Crippen LogP contribution in [0.15, 0.2) is 47.5 Å². The van der Waals surface area contributed by atoms with E-state index in [-0.39, 0.29) is 35.3 Å². The topological polar surface area (TPSA) is 76.1 Å². The lowest BCUT2D eigenvalue weighted by Crippen LogP contribution is -2.44. The van der Waals surface area contributed by atoms with Gasteiger partial charge in [-0.15, -0.1) is 0 Å². The summed E-state index contributed by atoms with van der Waals surface area (Å²) in [5.41, 5.74) is 2.98. The molecule has 2 aliphatic heterocycles. The monoisotopic (exact) mass is 391 g/mol. The van der Waals surface area contributed by atoms with Gasteiger partial charge in [-0.2, -0.15) is 0 Å². The maximum atomic E-state index is 13.1. The van der Waals surface area contributed by atoms with E-state index in [1.807, 2.05) is 37.4 Å². The fraction of sp³-hybridized carbons (Fsp3) is 0.391. The van der Waals surface area contributed by atoms with E-state index >= 15 is 0 Å². The third kappa shape index (κ3) is 3.27. The van der Waals surface area contributed by atoms with Crippen molar-refractivity contribution in [2.75, 3.05) is 0 Å². The van der Waals surface area contributed by atoms with Crippen LogP contribution < -0.4 is 10.9 Å². The molecule has 2 aromatic heterocycles. The molecule has 3 aromatic rings. The predicted octanol–water partition coefficient (Wildman–Crippen LogP) is 2.93. The minimum atomic E-state index is -0.282. The van der Waals surface area contributed by atoms with Crippen molar-refractivity contribution in [3.05, 3.63) is 69.8 Å². The van der Waals surface area contributed by atoms with Gasteiger partial charge < -0.3 is 19.6 Å². The Kier molecular flexibility index (Phi) is 4.51. The number of fused-ring (bicyclic) bond motifs is 3. The largest absolute Gasteiger partial charge is 0.373 e. The Labute approximate surface area is 168 Å². The van der Waals surface area contributed by atoms with E-state index in [9.17, 15) is 9.59 Å². The van der Waals surface area contributed by atoms with Gasteiger partial charge >= 0.3 is 0 Å². The van der Waals surface area contributed by atoms with Gasteiger partial charge in [0.1, 0.15) is 5.56 Å². The zero-order chi connectivity index (χ0) is 20.0. The van der Waals surface area contributed by atoms with Crippen molar-refractivity contribution in [3.8, 4) is 0 Å². The second-order valence-corrected chi connectivity index (χ2v) is 8.17. The van der Waals surface area contributed by atoms with Crippen molar-refractivity contribution < 1.29 is 9.53 Å². The van der Waals surface area contributed by atoms with Crippen molar-refractivity contribution in [2.24, 2.45) is 0 Å². The number of hydrogen-bond donors (Lipinski definition) is 2. The van der Waals surface area contributed by atoms with E-state index in [4.69, 9.17) is 4.74 Å². The maximum absolute atomic E-state index is 13.1. The Morgan fingerprint density at radius 1 is 1.28 bits per heavy atom. The van der Waals surface area contributed by atoms with E-state index in [2.05, 4.69) is 16.4 Å². The van der Waals surface area contributed by atoms with Crippen molar-refractivity contribution >= 4 is 16.8 Å². The first-order valence-electron chi connectivity index (χ1n) is 10.3. The molecule has 0 spiro atoms. The summed E-state index contributed by atoms with van der Waals surface area (Å²) < 4.78 is 7.46. The number of amides is 1. The van der Waals surface area contributed by atoms with Crippen LogP contribution in [0.5, 0.6) is 0 Å². The molecule has 3 atom stereocenters. The Morgan fingerprint density at radius 3 is 2.93 bits per heavy atom. The number of hydrogen-bond acceptors (Lipinski definition) is 3. The van der Waals surface area contributed by atoms with Crippen LogP contribution >= 0.6 is 0 Å². The van der Waals surface area contributed by atoms with E-state index in [0.29, 0.717) is 18.5 Å². The molecule has 0 aliphatic carbocycles. The first-order valence-corrected chi connectivity index (χ1v) is 10.3. The highest BCUT2D eigenvalue weighted by Crippen LogP contribution is 2.34. The summed E-state index contributed by atoms with van der Waals surface area (Å²) in [7, 11) is 0. The Hall–Kier alpha value is -2.86. The smallest absolute Gasteiger partial charge is 0.263 e. The lowest BCUT2D eigenvalue weighted by Gasteiger charge is -2.20. The number of pyridine rings is 1. The van der Waals surface area contributed by atoms with E-state index in [0.717, 1.165) is 24.8 Å². The zero-order valence-corrected chi connectivity index (χ0v) is 16.5. The van der Waals surface area contributed by atoms with Gasteiger partial charge in [0, 0.05) is 29.8 Å². The van der Waals surface area contributed by atoms with Crippen molar-refractivity contribution in [1.82, 2.24) is 14.9 Å². The molecule has 29 heavy (non-hydrogen) atoms. The van der Waals surface area contributed by atoms with Crippen LogP contribution in [-0.4, -0.2) is 33.7 Å². The lowest BCUT2D eigenvalue weighted by atomic mass is 9.95. The van der Waals surface area contributed by atoms with Crippen LogP contribution in [0.2, 0.25) is 0 Å². The minimum Gasteiger partial charge on any atom is -0.373 e. The van der Waals surface area contributed by atoms with Gasteiger partial charge in [-0.1, -0.05) is 18.2 Å². The summed E-state index contributed by atoms with van der Waals surface area (Å²) in [6, 6.07) is 10.00. The van der Waals surface area contributed by atoms with Crippen LogP contribution in [0.4, 0.5) is 0 Å². The van der Waals surface area contributed by atoms with Crippen molar-refractivity contribution in [2.45, 2.75) is 57.4 Å². The molecule has 2 fully saturated rings. The van der Waals surface area contributed by atoms with Crippen LogP contribution in [0.3, 0.4) is 0 Å². The second-order valence-electron chi connectivity index (χ2n) is 8.17. The molecular formula is C23H25N3O3. The summed E-state index contributed by atoms with van der Waals surface area (Å²) in [4.78, 5) is 29.2. The highest BCUT2D eigenvalue weighted by atomic mass is 16.5. The van der Waals surface area contributed by atoms with Gasteiger partial charge in [-0.25, -0.2) is 0 Å². The second kappa shape index (κ2) is 7.19. The van der Waals surface area contributed by atoms with E-state index in [1.54, 1.807) is 10.8 Å². The highest BCUT2D eigenvalue weighted by Gasteiger charge is 2.41. The number of ether oxygens (including phenoxy) is 1. The van der Waals surface area contributed by atoms with Crippen molar-refractivity contribution in [1.29, 1.82) is 0 Å². The number of rotatable bonds is 5. The average Bonchev–Trinajstić information content (AvgIpc) is 3.43. The number of aryl methyl sites for hydroxylation is 3. The Morgan fingerprint density at radius 2 is 2.14 bits per heavy atom. The van der Waals surface area contributed by atoms with Crippen LogP contribution in [0.25, 0.3) is 10.9 Å². The van der Waals surface area contributed by atoms with Gasteiger partial charge in [-0.3, -0.25) is 9.59 Å². The third-order valence-electron chi connectivity index (χ3n) is 6.32. The molecule has 4 heterocycles. The number of carbonyl (C=O) groups is 1. The number of H-pyrrole nitrogens is 1.